The van der Waals surface area contributed by atoms with Crippen LogP contribution in [0.1, 0.15) is 5.56 Å². The van der Waals surface area contributed by atoms with E-state index >= 15 is 0 Å². The van der Waals surface area contributed by atoms with Crippen LogP contribution in [0.2, 0.25) is 19.6 Å². The first-order valence-electron chi connectivity index (χ1n) is 7.10. The second kappa shape index (κ2) is 7.49. The van der Waals surface area contributed by atoms with E-state index in [2.05, 4.69) is 5.92 Å². The molecule has 1 aromatic rings. The quantitative estimate of drug-likeness (QED) is 0.338. The minimum Gasteiger partial charge on any atom is -0.389 e. The average molecular weight is 345 g/mol. The van der Waals surface area contributed by atoms with Gasteiger partial charge in [-0.15, -0.1) is 0 Å². The molecular weight excluding hydrogens is 323 g/mol. The molecule has 0 amide bonds. The molecule has 0 aliphatic carbocycles. The fraction of sp³-hybridized carbons (Fsp3) is 0.500. The maximum Gasteiger partial charge on any atom is 0.457 e. The topological polar surface area (TPSA) is 21.7 Å². The Labute approximate surface area is 136 Å². The van der Waals surface area contributed by atoms with Crippen LogP contribution >= 0.6 is 0 Å². The van der Waals surface area contributed by atoms with Crippen LogP contribution in [0, 0.1) is 11.8 Å². The summed E-state index contributed by atoms with van der Waals surface area (Å²) in [6.45, 7) is 5.68. The predicted molar refractivity (Wildman–Crippen MR) is 85.9 cm³/mol. The molecule has 0 aliphatic rings. The van der Waals surface area contributed by atoms with Gasteiger partial charge in [0.2, 0.25) is 5.72 Å². The maximum absolute atomic E-state index is 12.6. The normalized spacial score (nSPS) is 15.0. The standard InChI is InChI=1S/C16H22F3NO2Si/c1-20(21-2)15(22-23(3,4)5,11-12-16(17,18)19)13-14-9-7-6-8-10-14/h6-10H,13H2,1-5H3. The Hall–Kier alpha value is -1.33. The Balaban J connectivity index is 3.35. The van der Waals surface area contributed by atoms with Crippen molar-refractivity contribution in [3.8, 4) is 11.8 Å². The molecule has 1 atom stereocenters. The summed E-state index contributed by atoms with van der Waals surface area (Å²) < 4.78 is 44.0. The van der Waals surface area contributed by atoms with E-state index in [1.807, 2.05) is 50.0 Å². The van der Waals surface area contributed by atoms with Gasteiger partial charge in [-0.3, -0.25) is 4.84 Å². The largest absolute Gasteiger partial charge is 0.457 e. The first-order valence-corrected chi connectivity index (χ1v) is 10.5. The number of rotatable bonds is 6. The van der Waals surface area contributed by atoms with Crippen LogP contribution in [0.25, 0.3) is 0 Å². The summed E-state index contributed by atoms with van der Waals surface area (Å²) in [6, 6.07) is 9.12. The molecule has 0 radical (unpaired) electrons. The number of likely N-dealkylation sites (N-methyl/N-ethyl adjacent to an activating group) is 1. The molecular formula is C16H22F3NO2Si. The Morgan fingerprint density at radius 1 is 1.09 bits per heavy atom. The number of halogens is 3. The molecule has 0 spiro atoms. The van der Waals surface area contributed by atoms with Gasteiger partial charge in [0.1, 0.15) is 0 Å². The van der Waals surface area contributed by atoms with Gasteiger partial charge in [-0.1, -0.05) is 30.3 Å². The summed E-state index contributed by atoms with van der Waals surface area (Å²) in [4.78, 5) is 5.16. The molecule has 0 bridgehead atoms. The van der Waals surface area contributed by atoms with Crippen molar-refractivity contribution in [1.29, 1.82) is 0 Å². The van der Waals surface area contributed by atoms with E-state index in [9.17, 15) is 13.2 Å². The highest BCUT2D eigenvalue weighted by Crippen LogP contribution is 2.27. The Morgan fingerprint density at radius 2 is 1.65 bits per heavy atom. The zero-order valence-electron chi connectivity index (χ0n) is 14.0. The van der Waals surface area contributed by atoms with E-state index in [1.54, 1.807) is 0 Å². The minimum atomic E-state index is -4.60. The summed E-state index contributed by atoms with van der Waals surface area (Å²) in [7, 11) is 0.686. The first-order chi connectivity index (χ1) is 10.5. The highest BCUT2D eigenvalue weighted by atomic mass is 28.4. The van der Waals surface area contributed by atoms with Gasteiger partial charge >= 0.3 is 6.18 Å². The van der Waals surface area contributed by atoms with Crippen LogP contribution in [0.15, 0.2) is 30.3 Å². The lowest BCUT2D eigenvalue weighted by molar-refractivity contribution is -0.229. The molecule has 0 saturated carbocycles. The van der Waals surface area contributed by atoms with Gasteiger partial charge in [-0.2, -0.15) is 18.2 Å². The second-order valence-corrected chi connectivity index (χ2v) is 10.5. The lowest BCUT2D eigenvalue weighted by Crippen LogP contribution is -2.54. The molecule has 23 heavy (non-hydrogen) atoms. The van der Waals surface area contributed by atoms with E-state index in [0.29, 0.717) is 0 Å². The van der Waals surface area contributed by atoms with Gasteiger partial charge in [-0.25, -0.2) is 0 Å². The number of nitrogens with zero attached hydrogens (tertiary/aromatic N) is 1. The molecule has 0 aromatic heterocycles. The molecule has 1 aromatic carbocycles. The Bertz CT molecular complexity index is 561. The lowest BCUT2D eigenvalue weighted by Gasteiger charge is -2.40. The Morgan fingerprint density at radius 3 is 2.09 bits per heavy atom. The van der Waals surface area contributed by atoms with Crippen molar-refractivity contribution in [3.63, 3.8) is 0 Å². The van der Waals surface area contributed by atoms with Gasteiger partial charge in [-0.05, 0) is 31.1 Å². The number of alkyl halides is 3. The zero-order chi connectivity index (χ0) is 17.7. The van der Waals surface area contributed by atoms with E-state index in [-0.39, 0.29) is 6.42 Å². The van der Waals surface area contributed by atoms with Gasteiger partial charge in [0.15, 0.2) is 8.32 Å². The minimum absolute atomic E-state index is 0.158. The smallest absolute Gasteiger partial charge is 0.389 e. The monoisotopic (exact) mass is 345 g/mol. The average Bonchev–Trinajstić information content (AvgIpc) is 2.42. The molecule has 128 valence electrons. The SMILES string of the molecule is CON(C)C(C#CC(F)(F)F)(Cc1ccccc1)O[Si](C)(C)C. The molecule has 0 saturated heterocycles. The summed E-state index contributed by atoms with van der Waals surface area (Å²) in [5, 5.41) is 1.25. The summed E-state index contributed by atoms with van der Waals surface area (Å²) >= 11 is 0. The number of hydroxylamine groups is 2. The van der Waals surface area contributed by atoms with Crippen molar-refractivity contribution in [2.75, 3.05) is 14.2 Å². The molecule has 0 fully saturated rings. The zero-order valence-corrected chi connectivity index (χ0v) is 15.0. The maximum atomic E-state index is 12.6. The van der Waals surface area contributed by atoms with Crippen molar-refractivity contribution < 1.29 is 22.4 Å². The van der Waals surface area contributed by atoms with Crippen molar-refractivity contribution in [2.45, 2.75) is 38.0 Å². The van der Waals surface area contributed by atoms with Gasteiger partial charge < -0.3 is 4.43 Å². The highest BCUT2D eigenvalue weighted by molar-refractivity contribution is 6.69. The molecule has 7 heteroatoms. The van der Waals surface area contributed by atoms with Gasteiger partial charge in [0.25, 0.3) is 0 Å². The van der Waals surface area contributed by atoms with Gasteiger partial charge in [0, 0.05) is 19.4 Å². The summed E-state index contributed by atoms with van der Waals surface area (Å²) in [6.07, 6.45) is -4.44. The predicted octanol–water partition coefficient (Wildman–Crippen LogP) is 3.84. The van der Waals surface area contributed by atoms with Crippen molar-refractivity contribution in [1.82, 2.24) is 5.06 Å². The second-order valence-electron chi connectivity index (χ2n) is 6.09. The molecule has 0 N–H and O–H groups in total. The van der Waals surface area contributed by atoms with Crippen LogP contribution in [-0.2, 0) is 15.7 Å². The van der Waals surface area contributed by atoms with Crippen LogP contribution < -0.4 is 0 Å². The Kier molecular flexibility index (Phi) is 6.42. The number of hydrogen-bond donors (Lipinski definition) is 0. The lowest BCUT2D eigenvalue weighted by atomic mass is 10.0. The summed E-state index contributed by atoms with van der Waals surface area (Å²) in [5.41, 5.74) is -0.693. The number of benzene rings is 1. The van der Waals surface area contributed by atoms with Gasteiger partial charge in [0.05, 0.1) is 7.11 Å². The molecule has 1 unspecified atom stereocenters. The first kappa shape index (κ1) is 19.7. The van der Waals surface area contributed by atoms with Crippen molar-refractivity contribution >= 4 is 8.32 Å². The van der Waals surface area contributed by atoms with E-state index in [0.717, 1.165) is 5.56 Å². The van der Waals surface area contributed by atoms with Crippen LogP contribution in [0.5, 0.6) is 0 Å². The fourth-order valence-electron chi connectivity index (χ4n) is 2.06. The van der Waals surface area contributed by atoms with Crippen LogP contribution in [-0.4, -0.2) is 39.4 Å². The van der Waals surface area contributed by atoms with E-state index < -0.39 is 20.2 Å². The third-order valence-corrected chi connectivity index (χ3v) is 3.89. The van der Waals surface area contributed by atoms with Crippen LogP contribution in [0.3, 0.4) is 0 Å². The molecule has 1 rings (SSSR count). The highest BCUT2D eigenvalue weighted by Gasteiger charge is 2.40. The third-order valence-electron chi connectivity index (χ3n) is 2.94. The van der Waals surface area contributed by atoms with E-state index in [1.165, 1.54) is 25.1 Å². The summed E-state index contributed by atoms with van der Waals surface area (Å²) in [5.74, 6) is 3.61. The third kappa shape index (κ3) is 6.75. The molecule has 3 nitrogen and oxygen atoms in total. The van der Waals surface area contributed by atoms with Crippen molar-refractivity contribution in [2.24, 2.45) is 0 Å². The van der Waals surface area contributed by atoms with Crippen LogP contribution in [0.4, 0.5) is 13.2 Å². The number of hydrogen-bond acceptors (Lipinski definition) is 3. The van der Waals surface area contributed by atoms with Crippen molar-refractivity contribution in [3.05, 3.63) is 35.9 Å². The van der Waals surface area contributed by atoms with E-state index in [4.69, 9.17) is 9.26 Å². The molecule has 0 aliphatic heterocycles. The fourth-order valence-corrected chi connectivity index (χ4v) is 3.32. The molecule has 0 heterocycles.